The summed E-state index contributed by atoms with van der Waals surface area (Å²) in [7, 11) is 1.49. The minimum Gasteiger partial charge on any atom is -0.493 e. The van der Waals surface area contributed by atoms with Crippen LogP contribution < -0.4 is 19.3 Å². The third-order valence-electron chi connectivity index (χ3n) is 6.33. The first-order chi connectivity index (χ1) is 19.9. The number of methoxy groups -OCH3 is 1. The van der Waals surface area contributed by atoms with E-state index >= 15 is 0 Å². The van der Waals surface area contributed by atoms with Crippen molar-refractivity contribution in [2.24, 2.45) is 0 Å². The maximum atomic E-state index is 12.8. The molecule has 0 atom stereocenters. The van der Waals surface area contributed by atoms with Gasteiger partial charge >= 0.3 is 12.0 Å². The minimum absolute atomic E-state index is 0.106. The van der Waals surface area contributed by atoms with E-state index in [2.05, 4.69) is 15.0 Å². The van der Waals surface area contributed by atoms with Crippen LogP contribution in [0, 0.1) is 0 Å². The van der Waals surface area contributed by atoms with E-state index in [-0.39, 0.29) is 17.5 Å². The van der Waals surface area contributed by atoms with Gasteiger partial charge in [-0.15, -0.1) is 0 Å². The van der Waals surface area contributed by atoms with Gasteiger partial charge in [0.25, 0.3) is 11.1 Å². The van der Waals surface area contributed by atoms with E-state index in [0.29, 0.717) is 81.6 Å². The number of imide groups is 1. The summed E-state index contributed by atoms with van der Waals surface area (Å²) in [4.78, 5) is 55.8. The molecule has 1 aromatic carbocycles. The molecule has 5 rings (SSSR count). The fourth-order valence-corrected chi connectivity index (χ4v) is 5.11. The van der Waals surface area contributed by atoms with Crippen LogP contribution in [0.15, 0.2) is 23.1 Å². The molecule has 0 bridgehead atoms. The number of carbonyl (C=O) groups excluding carboxylic acids is 3. The molecule has 0 unspecified atom stereocenters. The number of esters is 1. The second kappa shape index (κ2) is 13.1. The lowest BCUT2D eigenvalue weighted by Gasteiger charge is -2.30. The van der Waals surface area contributed by atoms with Crippen LogP contribution in [0.4, 0.5) is 16.7 Å². The molecule has 0 radical (unpaired) electrons. The van der Waals surface area contributed by atoms with Crippen molar-refractivity contribution in [2.45, 2.75) is 6.92 Å². The molecular weight excluding hydrogens is 556 g/mol. The Balaban J connectivity index is 1.37. The Morgan fingerprint density at radius 1 is 0.976 bits per heavy atom. The van der Waals surface area contributed by atoms with Crippen LogP contribution >= 0.6 is 11.8 Å². The van der Waals surface area contributed by atoms with Gasteiger partial charge in [-0.2, -0.15) is 15.0 Å². The molecule has 218 valence electrons. The first-order valence-corrected chi connectivity index (χ1v) is 13.9. The first-order valence-electron chi connectivity index (χ1n) is 13.1. The number of thioether (sulfide) groups is 1. The van der Waals surface area contributed by atoms with E-state index in [1.165, 1.54) is 7.11 Å². The van der Waals surface area contributed by atoms with E-state index in [4.69, 9.17) is 23.7 Å². The zero-order valence-corrected chi connectivity index (χ0v) is 23.6. The number of nitrogens with zero attached hydrogens (tertiary/aromatic N) is 6. The highest BCUT2D eigenvalue weighted by molar-refractivity contribution is 8.18. The van der Waals surface area contributed by atoms with Gasteiger partial charge in [0.05, 0.1) is 45.0 Å². The fraction of sp³-hybridized carbons (Fsp3) is 0.462. The van der Waals surface area contributed by atoms with Crippen molar-refractivity contribution in [1.29, 1.82) is 0 Å². The zero-order chi connectivity index (χ0) is 28.8. The Kier molecular flexibility index (Phi) is 9.16. The van der Waals surface area contributed by atoms with Crippen LogP contribution in [0.5, 0.6) is 17.5 Å². The summed E-state index contributed by atoms with van der Waals surface area (Å²) >= 11 is 0.752. The highest BCUT2D eigenvalue weighted by Gasteiger charge is 2.36. The van der Waals surface area contributed by atoms with Crippen LogP contribution in [0.2, 0.25) is 0 Å². The molecule has 2 amide bonds. The Morgan fingerprint density at radius 3 is 2.20 bits per heavy atom. The molecule has 0 aliphatic carbocycles. The molecule has 14 nitrogen and oxygen atoms in total. The molecule has 3 saturated heterocycles. The van der Waals surface area contributed by atoms with Crippen LogP contribution in [0.1, 0.15) is 12.5 Å². The van der Waals surface area contributed by atoms with E-state index < -0.39 is 23.7 Å². The second-order valence-corrected chi connectivity index (χ2v) is 10.00. The van der Waals surface area contributed by atoms with E-state index in [0.717, 1.165) is 16.7 Å². The number of morpholine rings is 2. The van der Waals surface area contributed by atoms with Crippen molar-refractivity contribution in [3.05, 3.63) is 28.7 Å². The topological polar surface area (TPSA) is 146 Å². The molecule has 4 heterocycles. The predicted molar refractivity (Wildman–Crippen MR) is 148 cm³/mol. The molecule has 3 aliphatic heterocycles. The number of anilines is 2. The molecule has 0 N–H and O–H groups in total. The van der Waals surface area contributed by atoms with Gasteiger partial charge in [0.15, 0.2) is 11.5 Å². The molecule has 0 spiro atoms. The summed E-state index contributed by atoms with van der Waals surface area (Å²) in [5.41, 5.74) is 0.592. The quantitative estimate of drug-likeness (QED) is 0.311. The van der Waals surface area contributed by atoms with E-state index in [1.807, 2.05) is 9.80 Å². The van der Waals surface area contributed by atoms with Gasteiger partial charge in [0.2, 0.25) is 11.9 Å². The monoisotopic (exact) mass is 586 g/mol. The lowest BCUT2D eigenvalue weighted by atomic mass is 10.2. The number of benzene rings is 1. The van der Waals surface area contributed by atoms with Gasteiger partial charge in [-0.25, -0.2) is 0 Å². The van der Waals surface area contributed by atoms with Crippen LogP contribution in [0.25, 0.3) is 6.08 Å². The SMILES string of the molecule is CCOC(=O)CN1C(=O)S/C(=C\c2ccc(Oc3nc(N4CCOCC4)nc(N4CCOCC4)n3)c(OC)c2)C1=O. The summed E-state index contributed by atoms with van der Waals surface area (Å²) in [5, 5.41) is -0.539. The largest absolute Gasteiger partial charge is 0.493 e. The third kappa shape index (κ3) is 6.86. The molecule has 3 aliphatic rings. The van der Waals surface area contributed by atoms with Gasteiger partial charge in [-0.1, -0.05) is 6.07 Å². The smallest absolute Gasteiger partial charge is 0.328 e. The average Bonchev–Trinajstić information content (AvgIpc) is 3.25. The van der Waals surface area contributed by atoms with Crippen molar-refractivity contribution < 1.29 is 38.1 Å². The van der Waals surface area contributed by atoms with Crippen molar-refractivity contribution in [1.82, 2.24) is 19.9 Å². The highest BCUT2D eigenvalue weighted by atomic mass is 32.2. The highest BCUT2D eigenvalue weighted by Crippen LogP contribution is 2.36. The van der Waals surface area contributed by atoms with Gasteiger partial charge in [0, 0.05) is 26.2 Å². The third-order valence-corrected chi connectivity index (χ3v) is 7.24. The van der Waals surface area contributed by atoms with Gasteiger partial charge in [0.1, 0.15) is 6.54 Å². The van der Waals surface area contributed by atoms with Crippen molar-refractivity contribution in [2.75, 3.05) is 82.7 Å². The Morgan fingerprint density at radius 2 is 1.61 bits per heavy atom. The maximum absolute atomic E-state index is 12.8. The van der Waals surface area contributed by atoms with Crippen LogP contribution in [-0.2, 0) is 23.8 Å². The second-order valence-electron chi connectivity index (χ2n) is 9.00. The number of hydrogen-bond acceptors (Lipinski definition) is 14. The van der Waals surface area contributed by atoms with Gasteiger partial charge in [-0.3, -0.25) is 19.3 Å². The number of ether oxygens (including phenoxy) is 5. The molecule has 0 saturated carbocycles. The maximum Gasteiger partial charge on any atom is 0.328 e. The summed E-state index contributed by atoms with van der Waals surface area (Å²) in [6.45, 7) is 6.27. The van der Waals surface area contributed by atoms with Gasteiger partial charge < -0.3 is 33.5 Å². The molecule has 2 aromatic rings. The van der Waals surface area contributed by atoms with Crippen molar-refractivity contribution in [3.8, 4) is 17.5 Å². The Bertz CT molecular complexity index is 1290. The lowest BCUT2D eigenvalue weighted by molar-refractivity contribution is -0.145. The Hall–Kier alpha value is -3.95. The normalized spacial score (nSPS) is 18.7. The van der Waals surface area contributed by atoms with Crippen molar-refractivity contribution >= 4 is 46.9 Å². The minimum atomic E-state index is -0.647. The summed E-state index contributed by atoms with van der Waals surface area (Å²) in [5.74, 6) is 0.496. The molecule has 15 heteroatoms. The fourth-order valence-electron chi connectivity index (χ4n) is 4.27. The van der Waals surface area contributed by atoms with E-state index in [1.54, 1.807) is 31.2 Å². The molecule has 1 aromatic heterocycles. The summed E-state index contributed by atoms with van der Waals surface area (Å²) in [6.07, 6.45) is 1.55. The lowest BCUT2D eigenvalue weighted by Crippen LogP contribution is -2.40. The molecular formula is C26H30N6O8S. The standard InChI is InChI=1S/C26H30N6O8S/c1-3-39-21(33)16-32-22(34)20(41-26(32)35)15-17-4-5-18(19(14-17)36-2)40-25-28-23(30-6-10-37-11-7-30)27-24(29-25)31-8-12-38-13-9-31/h4-5,14-15H,3,6-13,16H2,1-2H3/b20-15-. The van der Waals surface area contributed by atoms with E-state index in [9.17, 15) is 14.4 Å². The summed E-state index contributed by atoms with van der Waals surface area (Å²) in [6, 6.07) is 5.15. The first kappa shape index (κ1) is 28.6. The number of aromatic nitrogens is 3. The average molecular weight is 587 g/mol. The van der Waals surface area contributed by atoms with Crippen LogP contribution in [-0.4, -0.2) is 110 Å². The number of amides is 2. The molecule has 41 heavy (non-hydrogen) atoms. The number of rotatable bonds is 9. The Labute approximate surface area is 240 Å². The number of hydrogen-bond donors (Lipinski definition) is 0. The van der Waals surface area contributed by atoms with Crippen LogP contribution in [0.3, 0.4) is 0 Å². The summed E-state index contributed by atoms with van der Waals surface area (Å²) < 4.78 is 27.5. The molecule has 3 fully saturated rings. The van der Waals surface area contributed by atoms with Gasteiger partial charge in [-0.05, 0) is 42.5 Å². The predicted octanol–water partition coefficient (Wildman–Crippen LogP) is 1.95. The number of carbonyl (C=O) groups is 3. The zero-order valence-electron chi connectivity index (χ0n) is 22.7. The van der Waals surface area contributed by atoms with Crippen molar-refractivity contribution in [3.63, 3.8) is 0 Å².